The molecule has 2 N–H and O–H groups in total. The predicted molar refractivity (Wildman–Crippen MR) is 129 cm³/mol. The van der Waals surface area contributed by atoms with Gasteiger partial charge in [-0.15, -0.1) is 0 Å². The average molecular weight is 462 g/mol. The van der Waals surface area contributed by atoms with E-state index in [4.69, 9.17) is 4.74 Å². The number of nitrogens with zero attached hydrogens (tertiary/aromatic N) is 1. The Morgan fingerprint density at radius 3 is 2.24 bits per heavy atom. The largest absolute Gasteiger partial charge is 0.438 e. The maximum absolute atomic E-state index is 12.4. The highest BCUT2D eigenvalue weighted by Gasteiger charge is 2.43. The number of pyridine rings is 1. The number of carbonyl (C=O) groups excluding carboxylic acids is 1. The summed E-state index contributed by atoms with van der Waals surface area (Å²) < 4.78 is 5.85. The molecule has 1 heterocycles. The van der Waals surface area contributed by atoms with Crippen LogP contribution in [0.4, 0.5) is 10.5 Å². The molecule has 8 nitrogen and oxygen atoms in total. The molecule has 0 radical (unpaired) electrons. The summed E-state index contributed by atoms with van der Waals surface area (Å²) >= 11 is 0. The van der Waals surface area contributed by atoms with Gasteiger partial charge in [0.1, 0.15) is 5.60 Å². The van der Waals surface area contributed by atoms with Crippen LogP contribution in [0.25, 0.3) is 22.4 Å². The fraction of sp³-hybridized carbons (Fsp3) is 0.308. The van der Waals surface area contributed by atoms with Crippen LogP contribution in [0, 0.1) is 10.1 Å². The molecule has 0 spiro atoms. The van der Waals surface area contributed by atoms with E-state index in [0.29, 0.717) is 16.8 Å². The molecule has 8 heteroatoms. The lowest BCUT2D eigenvalue weighted by molar-refractivity contribution is -0.386. The van der Waals surface area contributed by atoms with E-state index in [1.165, 1.54) is 6.07 Å². The van der Waals surface area contributed by atoms with Crippen molar-refractivity contribution >= 4 is 11.8 Å². The van der Waals surface area contributed by atoms with Crippen molar-refractivity contribution in [2.45, 2.75) is 51.2 Å². The van der Waals surface area contributed by atoms with Gasteiger partial charge in [-0.25, -0.2) is 4.79 Å². The number of carbonyl (C=O) groups is 1. The maximum atomic E-state index is 12.4. The molecule has 1 fully saturated rings. The monoisotopic (exact) mass is 461 g/mol. The van der Waals surface area contributed by atoms with Crippen LogP contribution in [0.15, 0.2) is 65.5 Å². The van der Waals surface area contributed by atoms with E-state index in [0.717, 1.165) is 30.4 Å². The van der Waals surface area contributed by atoms with Gasteiger partial charge in [0, 0.05) is 17.2 Å². The molecule has 3 aromatic rings. The maximum Gasteiger partial charge on any atom is 0.408 e. The highest BCUT2D eigenvalue weighted by atomic mass is 16.6. The van der Waals surface area contributed by atoms with Gasteiger partial charge in [-0.1, -0.05) is 54.6 Å². The first-order chi connectivity index (χ1) is 16.1. The van der Waals surface area contributed by atoms with Crippen LogP contribution in [-0.2, 0) is 10.3 Å². The van der Waals surface area contributed by atoms with E-state index < -0.39 is 33.4 Å². The zero-order valence-corrected chi connectivity index (χ0v) is 19.4. The molecule has 176 valence electrons. The molecule has 0 saturated heterocycles. The van der Waals surface area contributed by atoms with Crippen molar-refractivity contribution in [3.63, 3.8) is 0 Å². The van der Waals surface area contributed by atoms with Crippen LogP contribution in [0.1, 0.15) is 45.6 Å². The number of hydrogen-bond acceptors (Lipinski definition) is 5. The standard InChI is InChI=1S/C26H27N3O5/c1-25(2,3)28-24(31)34-26(14-7-15-26)19-12-10-18(11-13-19)22-20(17-8-5-4-6-9-17)16-21(29(32)33)23(30)27-22/h4-6,8-13,16H,7,14-15H2,1-3H3,(H,27,30)(H,28,31). The van der Waals surface area contributed by atoms with Crippen LogP contribution in [0.2, 0.25) is 0 Å². The van der Waals surface area contributed by atoms with Gasteiger partial charge in [0.2, 0.25) is 0 Å². The van der Waals surface area contributed by atoms with Gasteiger partial charge in [0.25, 0.3) is 0 Å². The van der Waals surface area contributed by atoms with Crippen molar-refractivity contribution in [2.24, 2.45) is 0 Å². The molecular weight excluding hydrogens is 434 g/mol. The number of benzene rings is 2. The summed E-state index contributed by atoms with van der Waals surface area (Å²) in [5, 5.41) is 14.2. The summed E-state index contributed by atoms with van der Waals surface area (Å²) in [7, 11) is 0. The summed E-state index contributed by atoms with van der Waals surface area (Å²) in [6.45, 7) is 5.68. The second-order valence-corrected chi connectivity index (χ2v) is 9.59. The van der Waals surface area contributed by atoms with E-state index in [1.807, 2.05) is 75.4 Å². The molecule has 2 aromatic carbocycles. The first-order valence-corrected chi connectivity index (χ1v) is 11.2. The average Bonchev–Trinajstić information content (AvgIpc) is 2.75. The van der Waals surface area contributed by atoms with Crippen LogP contribution in [0.3, 0.4) is 0 Å². The Hall–Kier alpha value is -3.94. The normalized spacial score (nSPS) is 14.7. The van der Waals surface area contributed by atoms with Crippen LogP contribution >= 0.6 is 0 Å². The van der Waals surface area contributed by atoms with Crippen LogP contribution < -0.4 is 10.9 Å². The first-order valence-electron chi connectivity index (χ1n) is 11.2. The number of hydrogen-bond donors (Lipinski definition) is 2. The van der Waals surface area contributed by atoms with E-state index in [1.54, 1.807) is 0 Å². The Bertz CT molecular complexity index is 1270. The second kappa shape index (κ2) is 8.78. The summed E-state index contributed by atoms with van der Waals surface area (Å²) in [6, 6.07) is 17.9. The van der Waals surface area contributed by atoms with Gasteiger partial charge in [0.05, 0.1) is 10.6 Å². The zero-order chi connectivity index (χ0) is 24.5. The van der Waals surface area contributed by atoms with Crippen molar-refractivity contribution < 1.29 is 14.5 Å². The molecule has 0 atom stereocenters. The third kappa shape index (κ3) is 4.71. The number of nitrogens with one attached hydrogen (secondary N) is 2. The molecule has 0 bridgehead atoms. The quantitative estimate of drug-likeness (QED) is 0.383. The lowest BCUT2D eigenvalue weighted by Crippen LogP contribution is -2.47. The third-order valence-electron chi connectivity index (χ3n) is 5.93. The highest BCUT2D eigenvalue weighted by Crippen LogP contribution is 2.45. The fourth-order valence-corrected chi connectivity index (χ4v) is 4.13. The number of nitro groups is 1. The zero-order valence-electron chi connectivity index (χ0n) is 19.4. The van der Waals surface area contributed by atoms with Gasteiger partial charge < -0.3 is 15.0 Å². The lowest BCUT2D eigenvalue weighted by Gasteiger charge is -2.42. The SMILES string of the molecule is CC(C)(C)NC(=O)OC1(c2ccc(-c3[nH]c(=O)c([N+](=O)[O-])cc3-c3ccccc3)cc2)CCC1. The van der Waals surface area contributed by atoms with Crippen molar-refractivity contribution in [2.75, 3.05) is 0 Å². The summed E-state index contributed by atoms with van der Waals surface area (Å²) in [5.74, 6) is 0. The molecule has 1 aliphatic carbocycles. The number of aromatic amines is 1. The topological polar surface area (TPSA) is 114 Å². The van der Waals surface area contributed by atoms with Gasteiger partial charge in [0.15, 0.2) is 0 Å². The minimum Gasteiger partial charge on any atom is -0.438 e. The molecule has 0 aliphatic heterocycles. The summed E-state index contributed by atoms with van der Waals surface area (Å²) in [5.41, 5.74) is 1.01. The van der Waals surface area contributed by atoms with Crippen molar-refractivity contribution in [3.05, 3.63) is 86.7 Å². The third-order valence-corrected chi connectivity index (χ3v) is 5.93. The Balaban J connectivity index is 1.70. The van der Waals surface area contributed by atoms with Crippen LogP contribution in [0.5, 0.6) is 0 Å². The summed E-state index contributed by atoms with van der Waals surface area (Å²) in [6.07, 6.45) is 1.96. The van der Waals surface area contributed by atoms with Gasteiger partial charge in [-0.05, 0) is 56.7 Å². The molecule has 4 rings (SSSR count). The minimum absolute atomic E-state index is 0.401. The number of rotatable bonds is 5. The number of aromatic nitrogens is 1. The van der Waals surface area contributed by atoms with Gasteiger partial charge in [-0.3, -0.25) is 14.9 Å². The molecule has 1 aliphatic rings. The molecular formula is C26H27N3O5. The molecule has 1 aromatic heterocycles. The number of ether oxygens (including phenoxy) is 1. The van der Waals surface area contributed by atoms with Crippen molar-refractivity contribution in [1.29, 1.82) is 0 Å². The van der Waals surface area contributed by atoms with E-state index in [-0.39, 0.29) is 0 Å². The van der Waals surface area contributed by atoms with Crippen molar-refractivity contribution in [3.8, 4) is 22.4 Å². The first kappa shape index (κ1) is 23.2. The van der Waals surface area contributed by atoms with Gasteiger partial charge in [-0.2, -0.15) is 0 Å². The predicted octanol–water partition coefficient (Wildman–Crippen LogP) is 5.52. The Morgan fingerprint density at radius 2 is 1.71 bits per heavy atom. The number of amides is 1. The van der Waals surface area contributed by atoms with E-state index in [2.05, 4.69) is 10.3 Å². The lowest BCUT2D eigenvalue weighted by atomic mass is 9.74. The fourth-order valence-electron chi connectivity index (χ4n) is 4.13. The Labute approximate surface area is 197 Å². The smallest absolute Gasteiger partial charge is 0.408 e. The Morgan fingerprint density at radius 1 is 1.06 bits per heavy atom. The Kier molecular flexibility index (Phi) is 6.00. The number of H-pyrrole nitrogens is 1. The molecule has 1 saturated carbocycles. The number of alkyl carbamates (subject to hydrolysis) is 1. The second-order valence-electron chi connectivity index (χ2n) is 9.59. The molecule has 1 amide bonds. The molecule has 0 unspecified atom stereocenters. The van der Waals surface area contributed by atoms with Crippen LogP contribution in [-0.4, -0.2) is 21.5 Å². The van der Waals surface area contributed by atoms with E-state index >= 15 is 0 Å². The van der Waals surface area contributed by atoms with Gasteiger partial charge >= 0.3 is 17.3 Å². The molecule has 34 heavy (non-hydrogen) atoms. The van der Waals surface area contributed by atoms with E-state index in [9.17, 15) is 19.7 Å². The minimum atomic E-state index is -0.763. The summed E-state index contributed by atoms with van der Waals surface area (Å²) in [4.78, 5) is 38.2. The highest BCUT2D eigenvalue weighted by molar-refractivity contribution is 5.82. The van der Waals surface area contributed by atoms with Crippen molar-refractivity contribution in [1.82, 2.24) is 10.3 Å².